The second kappa shape index (κ2) is 7.94. The first-order chi connectivity index (χ1) is 5.35. The van der Waals surface area contributed by atoms with Crippen molar-refractivity contribution in [1.29, 1.82) is 0 Å². The van der Waals surface area contributed by atoms with E-state index in [4.69, 9.17) is 14.9 Å². The summed E-state index contributed by atoms with van der Waals surface area (Å²) in [4.78, 5) is 0. The van der Waals surface area contributed by atoms with Gasteiger partial charge in [0.15, 0.2) is 0 Å². The van der Waals surface area contributed by atoms with Crippen LogP contribution in [-0.4, -0.2) is 43.4 Å². The highest BCUT2D eigenvalue weighted by Gasteiger charge is 2.06. The van der Waals surface area contributed by atoms with Crippen LogP contribution in [0.5, 0.6) is 0 Å². The lowest BCUT2D eigenvalue weighted by Crippen LogP contribution is -2.17. The molecule has 0 spiro atoms. The summed E-state index contributed by atoms with van der Waals surface area (Å²) < 4.78 is 9.81. The summed E-state index contributed by atoms with van der Waals surface area (Å²) in [5, 5.41) is 17.1. The Morgan fingerprint density at radius 2 is 1.73 bits per heavy atom. The van der Waals surface area contributed by atoms with Crippen molar-refractivity contribution < 1.29 is 19.7 Å². The zero-order valence-electron chi connectivity index (χ0n) is 6.82. The molecular formula is C7H16O4. The fourth-order valence-corrected chi connectivity index (χ4v) is 0.763. The van der Waals surface area contributed by atoms with E-state index in [9.17, 15) is 0 Å². The molecule has 0 amide bonds. The predicted molar refractivity (Wildman–Crippen MR) is 40.2 cm³/mol. The summed E-state index contributed by atoms with van der Waals surface area (Å²) in [7, 11) is 1.54. The summed E-state index contributed by atoms with van der Waals surface area (Å²) in [5.41, 5.74) is 0. The van der Waals surface area contributed by atoms with E-state index in [1.807, 2.05) is 0 Å². The van der Waals surface area contributed by atoms with Crippen LogP contribution in [0.4, 0.5) is 0 Å². The molecule has 0 fully saturated rings. The number of methoxy groups -OCH3 is 1. The second-order valence-corrected chi connectivity index (χ2v) is 2.22. The van der Waals surface area contributed by atoms with Gasteiger partial charge < -0.3 is 19.7 Å². The van der Waals surface area contributed by atoms with E-state index in [2.05, 4.69) is 4.74 Å². The fraction of sp³-hybridized carbons (Fsp3) is 1.00. The average Bonchev–Trinajstić information content (AvgIpc) is 2.01. The molecule has 11 heavy (non-hydrogen) atoms. The van der Waals surface area contributed by atoms with Crippen molar-refractivity contribution in [2.24, 2.45) is 0 Å². The first kappa shape index (κ1) is 10.8. The highest BCUT2D eigenvalue weighted by Crippen LogP contribution is 2.02. The molecular weight excluding hydrogens is 148 g/mol. The van der Waals surface area contributed by atoms with E-state index in [0.717, 1.165) is 0 Å². The van der Waals surface area contributed by atoms with Gasteiger partial charge in [-0.3, -0.25) is 0 Å². The molecule has 4 nitrogen and oxygen atoms in total. The van der Waals surface area contributed by atoms with Crippen LogP contribution in [0.15, 0.2) is 0 Å². The molecule has 0 aliphatic rings. The largest absolute Gasteiger partial charge is 0.396 e. The minimum absolute atomic E-state index is 0.0778. The lowest BCUT2D eigenvalue weighted by atomic mass is 10.2. The molecule has 0 aromatic heterocycles. The molecule has 0 aromatic rings. The minimum atomic E-state index is -0.0926. The summed E-state index contributed by atoms with van der Waals surface area (Å²) in [6, 6.07) is 0. The first-order valence-electron chi connectivity index (χ1n) is 3.67. The van der Waals surface area contributed by atoms with Gasteiger partial charge in [0.25, 0.3) is 0 Å². The quantitative estimate of drug-likeness (QED) is 0.509. The van der Waals surface area contributed by atoms with Gasteiger partial charge in [-0.05, 0) is 12.8 Å². The van der Waals surface area contributed by atoms with Crippen molar-refractivity contribution in [3.05, 3.63) is 0 Å². The van der Waals surface area contributed by atoms with Crippen LogP contribution in [0.3, 0.4) is 0 Å². The number of ether oxygens (including phenoxy) is 2. The van der Waals surface area contributed by atoms with Crippen molar-refractivity contribution in [2.45, 2.75) is 18.9 Å². The highest BCUT2D eigenvalue weighted by atomic mass is 16.7. The van der Waals surface area contributed by atoms with E-state index >= 15 is 0 Å². The van der Waals surface area contributed by atoms with Gasteiger partial charge in [-0.2, -0.15) is 0 Å². The summed E-state index contributed by atoms with van der Waals surface area (Å²) >= 11 is 0. The number of aliphatic hydroxyl groups is 2. The molecule has 0 rings (SSSR count). The summed E-state index contributed by atoms with van der Waals surface area (Å²) in [6.45, 7) is 0.368. The van der Waals surface area contributed by atoms with E-state index in [1.165, 1.54) is 7.11 Å². The Kier molecular flexibility index (Phi) is 7.83. The summed E-state index contributed by atoms with van der Waals surface area (Å²) in [6.07, 6.45) is 0.998. The predicted octanol–water partition coefficient (Wildman–Crippen LogP) is -0.260. The van der Waals surface area contributed by atoms with Gasteiger partial charge >= 0.3 is 0 Å². The third-order valence-corrected chi connectivity index (χ3v) is 1.32. The van der Waals surface area contributed by atoms with Crippen molar-refractivity contribution in [3.63, 3.8) is 0 Å². The van der Waals surface area contributed by atoms with E-state index in [1.54, 1.807) is 0 Å². The molecule has 0 saturated carbocycles. The van der Waals surface area contributed by atoms with Crippen LogP contribution in [0.25, 0.3) is 0 Å². The molecule has 4 heteroatoms. The normalized spacial score (nSPS) is 10.9. The van der Waals surface area contributed by atoms with Crippen LogP contribution in [0, 0.1) is 0 Å². The Balaban J connectivity index is 3.34. The Morgan fingerprint density at radius 1 is 1.18 bits per heavy atom. The first-order valence-corrected chi connectivity index (χ1v) is 3.67. The van der Waals surface area contributed by atoms with Crippen LogP contribution >= 0.6 is 0 Å². The minimum Gasteiger partial charge on any atom is -0.396 e. The zero-order valence-corrected chi connectivity index (χ0v) is 6.82. The van der Waals surface area contributed by atoms with Gasteiger partial charge in [-0.1, -0.05) is 0 Å². The standard InChI is InChI=1S/C7H16O4/c1-10-6-11-7(2-4-8)3-5-9/h7-9H,2-6H2,1H3. The molecule has 0 bridgehead atoms. The van der Waals surface area contributed by atoms with Crippen LogP contribution in [0.1, 0.15) is 12.8 Å². The highest BCUT2D eigenvalue weighted by molar-refractivity contribution is 4.55. The fourth-order valence-electron chi connectivity index (χ4n) is 0.763. The van der Waals surface area contributed by atoms with Gasteiger partial charge in [-0.25, -0.2) is 0 Å². The van der Waals surface area contributed by atoms with E-state index in [0.29, 0.717) is 12.8 Å². The zero-order chi connectivity index (χ0) is 8.53. The molecule has 0 aromatic carbocycles. The third kappa shape index (κ3) is 6.25. The molecule has 0 unspecified atom stereocenters. The number of rotatable bonds is 7. The molecule has 68 valence electrons. The Bertz CT molecular complexity index is 70.8. The smallest absolute Gasteiger partial charge is 0.146 e. The molecule has 0 radical (unpaired) electrons. The molecule has 2 N–H and O–H groups in total. The number of hydrogen-bond acceptors (Lipinski definition) is 4. The average molecular weight is 164 g/mol. The topological polar surface area (TPSA) is 58.9 Å². The van der Waals surface area contributed by atoms with E-state index in [-0.39, 0.29) is 26.1 Å². The van der Waals surface area contributed by atoms with Gasteiger partial charge in [0, 0.05) is 20.3 Å². The molecule has 0 atom stereocenters. The molecule has 0 aliphatic heterocycles. The SMILES string of the molecule is COCOC(CCO)CCO. The Labute approximate surface area is 66.7 Å². The van der Waals surface area contributed by atoms with Gasteiger partial charge in [0.05, 0.1) is 6.10 Å². The third-order valence-electron chi connectivity index (χ3n) is 1.32. The second-order valence-electron chi connectivity index (χ2n) is 2.22. The van der Waals surface area contributed by atoms with Gasteiger partial charge in [0.1, 0.15) is 6.79 Å². The van der Waals surface area contributed by atoms with Crippen molar-refractivity contribution in [1.82, 2.24) is 0 Å². The van der Waals surface area contributed by atoms with Crippen molar-refractivity contribution in [3.8, 4) is 0 Å². The summed E-state index contributed by atoms with van der Waals surface area (Å²) in [5.74, 6) is 0. The Hall–Kier alpha value is -0.160. The van der Waals surface area contributed by atoms with Gasteiger partial charge in [0.2, 0.25) is 0 Å². The number of aliphatic hydroxyl groups excluding tert-OH is 2. The molecule has 0 aliphatic carbocycles. The maximum Gasteiger partial charge on any atom is 0.146 e. The van der Waals surface area contributed by atoms with Crippen molar-refractivity contribution >= 4 is 0 Å². The van der Waals surface area contributed by atoms with Crippen LogP contribution in [-0.2, 0) is 9.47 Å². The maximum atomic E-state index is 8.56. The van der Waals surface area contributed by atoms with Crippen LogP contribution < -0.4 is 0 Å². The molecule has 0 saturated heterocycles. The monoisotopic (exact) mass is 164 g/mol. The van der Waals surface area contributed by atoms with Gasteiger partial charge in [-0.15, -0.1) is 0 Å². The van der Waals surface area contributed by atoms with Crippen LogP contribution in [0.2, 0.25) is 0 Å². The Morgan fingerprint density at radius 3 is 2.09 bits per heavy atom. The van der Waals surface area contributed by atoms with E-state index < -0.39 is 0 Å². The maximum absolute atomic E-state index is 8.56. The van der Waals surface area contributed by atoms with Crippen molar-refractivity contribution in [2.75, 3.05) is 27.1 Å². The molecule has 0 heterocycles. The lowest BCUT2D eigenvalue weighted by Gasteiger charge is -2.14. The lowest BCUT2D eigenvalue weighted by molar-refractivity contribution is -0.0832. The number of hydrogen-bond donors (Lipinski definition) is 2.